The van der Waals surface area contributed by atoms with Crippen LogP contribution in [0.2, 0.25) is 0 Å². The van der Waals surface area contributed by atoms with Crippen molar-refractivity contribution in [2.24, 2.45) is 10.7 Å². The quantitative estimate of drug-likeness (QED) is 0.488. The topological polar surface area (TPSA) is 62.4 Å². The number of hydrogen-bond acceptors (Lipinski definition) is 4. The van der Waals surface area contributed by atoms with E-state index in [1.54, 1.807) is 0 Å². The van der Waals surface area contributed by atoms with Gasteiger partial charge in [-0.15, -0.1) is 0 Å². The van der Waals surface area contributed by atoms with Gasteiger partial charge in [0.05, 0.1) is 0 Å². The minimum Gasteiger partial charge on any atom is -0.370 e. The van der Waals surface area contributed by atoms with E-state index in [0.29, 0.717) is 5.96 Å². The summed E-state index contributed by atoms with van der Waals surface area (Å²) in [5.74, 6) is 0.451. The van der Waals surface area contributed by atoms with Crippen molar-refractivity contribution in [2.45, 2.75) is 19.5 Å². The van der Waals surface area contributed by atoms with Crippen LogP contribution in [0.25, 0.3) is 0 Å². The predicted octanol–water partition coefficient (Wildman–Crippen LogP) is -0.256. The molecule has 0 aromatic heterocycles. The largest absolute Gasteiger partial charge is 0.370 e. The molecule has 0 saturated heterocycles. The third-order valence-electron chi connectivity index (χ3n) is 2.04. The van der Waals surface area contributed by atoms with Crippen molar-refractivity contribution in [1.82, 2.24) is 10.6 Å². The maximum Gasteiger partial charge on any atom is 0.194 e. The number of rotatable bonds is 1. The molecule has 11 heavy (non-hydrogen) atoms. The Morgan fingerprint density at radius 3 is 2.82 bits per heavy atom. The van der Waals surface area contributed by atoms with E-state index in [4.69, 9.17) is 5.73 Å². The summed E-state index contributed by atoms with van der Waals surface area (Å²) < 4.78 is 0. The molecule has 0 bridgehead atoms. The molecule has 1 heterocycles. The Bertz CT molecular complexity index is 218. The highest BCUT2D eigenvalue weighted by Gasteiger charge is 2.25. The lowest BCUT2D eigenvalue weighted by molar-refractivity contribution is 0.463. The van der Waals surface area contributed by atoms with Crippen LogP contribution in [0, 0.1) is 0 Å². The summed E-state index contributed by atoms with van der Waals surface area (Å²) in [5.41, 5.74) is 6.28. The Balaban J connectivity index is 2.92. The van der Waals surface area contributed by atoms with Crippen molar-refractivity contribution >= 4 is 5.96 Å². The number of guanidine groups is 1. The van der Waals surface area contributed by atoms with Crippen LogP contribution < -0.4 is 16.4 Å². The average Bonchev–Trinajstić information content (AvgIpc) is 1.98. The first-order valence-corrected chi connectivity index (χ1v) is 3.56. The third kappa shape index (κ3) is 1.35. The molecule has 0 fully saturated rings. The van der Waals surface area contributed by atoms with Crippen LogP contribution in [0.5, 0.6) is 0 Å². The molecule has 0 aromatic carbocycles. The van der Waals surface area contributed by atoms with Gasteiger partial charge in [-0.2, -0.15) is 0 Å². The standard InChI is InChI=1S/C7H14N4/c1-5-4-10-6(8)11-7(5,2)9-3/h4,9H,1-3H3,(H3,8,10,11). The van der Waals surface area contributed by atoms with Crippen LogP contribution in [0.4, 0.5) is 0 Å². The molecular weight excluding hydrogens is 140 g/mol. The summed E-state index contributed by atoms with van der Waals surface area (Å²) >= 11 is 0. The average molecular weight is 154 g/mol. The second kappa shape index (κ2) is 2.54. The van der Waals surface area contributed by atoms with Gasteiger partial charge >= 0.3 is 0 Å². The molecule has 0 aromatic rings. The molecule has 0 radical (unpaired) electrons. The first kappa shape index (κ1) is 8.07. The minimum absolute atomic E-state index is 0.338. The van der Waals surface area contributed by atoms with E-state index >= 15 is 0 Å². The molecule has 4 N–H and O–H groups in total. The van der Waals surface area contributed by atoms with Gasteiger partial charge in [-0.1, -0.05) is 0 Å². The SMILES string of the molecule is CNC1(C)N=C(N)NC=C1C. The molecule has 0 aliphatic carbocycles. The molecule has 0 saturated carbocycles. The Hall–Kier alpha value is -1.03. The van der Waals surface area contributed by atoms with E-state index in [0.717, 1.165) is 5.57 Å². The van der Waals surface area contributed by atoms with Crippen molar-refractivity contribution in [3.8, 4) is 0 Å². The van der Waals surface area contributed by atoms with Crippen molar-refractivity contribution < 1.29 is 0 Å². The molecule has 62 valence electrons. The van der Waals surface area contributed by atoms with Crippen molar-refractivity contribution in [3.05, 3.63) is 11.8 Å². The number of likely N-dealkylation sites (N-methyl/N-ethyl adjacent to an activating group) is 1. The van der Waals surface area contributed by atoms with Gasteiger partial charge < -0.3 is 11.1 Å². The van der Waals surface area contributed by atoms with Crippen LogP contribution in [-0.4, -0.2) is 18.7 Å². The van der Waals surface area contributed by atoms with Gasteiger partial charge in [0, 0.05) is 6.20 Å². The van der Waals surface area contributed by atoms with Gasteiger partial charge in [-0.05, 0) is 26.5 Å². The zero-order valence-electron chi connectivity index (χ0n) is 7.10. The lowest BCUT2D eigenvalue weighted by atomic mass is 10.0. The summed E-state index contributed by atoms with van der Waals surface area (Å²) in [6, 6.07) is 0. The summed E-state index contributed by atoms with van der Waals surface area (Å²) in [4.78, 5) is 4.22. The molecule has 1 unspecified atom stereocenters. The van der Waals surface area contributed by atoms with Crippen LogP contribution >= 0.6 is 0 Å². The zero-order valence-corrected chi connectivity index (χ0v) is 7.10. The first-order chi connectivity index (χ1) is 5.08. The maximum absolute atomic E-state index is 5.50. The third-order valence-corrected chi connectivity index (χ3v) is 2.04. The van der Waals surface area contributed by atoms with Crippen LogP contribution in [0.1, 0.15) is 13.8 Å². The fourth-order valence-electron chi connectivity index (χ4n) is 0.937. The molecule has 0 spiro atoms. The summed E-state index contributed by atoms with van der Waals surface area (Å²) in [6.45, 7) is 3.98. The Morgan fingerprint density at radius 2 is 2.36 bits per heavy atom. The molecule has 1 rings (SSSR count). The lowest BCUT2D eigenvalue weighted by Gasteiger charge is -2.29. The van der Waals surface area contributed by atoms with Crippen LogP contribution in [0.15, 0.2) is 16.8 Å². The highest BCUT2D eigenvalue weighted by atomic mass is 15.2. The second-order valence-corrected chi connectivity index (χ2v) is 2.79. The van der Waals surface area contributed by atoms with E-state index in [2.05, 4.69) is 15.6 Å². The second-order valence-electron chi connectivity index (χ2n) is 2.79. The Morgan fingerprint density at radius 1 is 1.73 bits per heavy atom. The van der Waals surface area contributed by atoms with E-state index < -0.39 is 0 Å². The van der Waals surface area contributed by atoms with E-state index in [9.17, 15) is 0 Å². The highest BCUT2D eigenvalue weighted by molar-refractivity contribution is 5.80. The number of aliphatic imine (C=N–C) groups is 1. The smallest absolute Gasteiger partial charge is 0.194 e. The maximum atomic E-state index is 5.50. The number of nitrogens with zero attached hydrogens (tertiary/aromatic N) is 1. The predicted molar refractivity (Wildman–Crippen MR) is 46.0 cm³/mol. The Labute approximate surface area is 66.6 Å². The van der Waals surface area contributed by atoms with Crippen molar-refractivity contribution in [3.63, 3.8) is 0 Å². The fraction of sp³-hybridized carbons (Fsp3) is 0.571. The fourth-order valence-corrected chi connectivity index (χ4v) is 0.937. The molecule has 1 aliphatic rings. The van der Waals surface area contributed by atoms with Gasteiger partial charge in [0.1, 0.15) is 5.66 Å². The van der Waals surface area contributed by atoms with Gasteiger partial charge in [0.25, 0.3) is 0 Å². The first-order valence-electron chi connectivity index (χ1n) is 3.56. The summed E-state index contributed by atoms with van der Waals surface area (Å²) in [7, 11) is 1.86. The van der Waals surface area contributed by atoms with Crippen LogP contribution in [-0.2, 0) is 0 Å². The van der Waals surface area contributed by atoms with Gasteiger partial charge in [-0.3, -0.25) is 5.32 Å². The summed E-state index contributed by atoms with van der Waals surface area (Å²) in [5, 5.41) is 5.93. The number of nitrogens with two attached hydrogens (primary N) is 1. The van der Waals surface area contributed by atoms with Crippen molar-refractivity contribution in [2.75, 3.05) is 7.05 Å². The Kier molecular flexibility index (Phi) is 1.87. The normalized spacial score (nSPS) is 30.5. The molecule has 1 atom stereocenters. The van der Waals surface area contributed by atoms with Gasteiger partial charge in [0.15, 0.2) is 5.96 Å². The van der Waals surface area contributed by atoms with E-state index in [1.165, 1.54) is 0 Å². The van der Waals surface area contributed by atoms with E-state index in [1.807, 2.05) is 27.1 Å². The molecule has 4 heteroatoms. The van der Waals surface area contributed by atoms with Crippen molar-refractivity contribution in [1.29, 1.82) is 0 Å². The number of hydrogen-bond donors (Lipinski definition) is 3. The monoisotopic (exact) mass is 154 g/mol. The van der Waals surface area contributed by atoms with E-state index in [-0.39, 0.29) is 5.66 Å². The number of nitrogens with one attached hydrogen (secondary N) is 2. The molecular formula is C7H14N4. The highest BCUT2D eigenvalue weighted by Crippen LogP contribution is 2.18. The van der Waals surface area contributed by atoms with Gasteiger partial charge in [0.2, 0.25) is 0 Å². The molecule has 0 amide bonds. The molecule has 4 nitrogen and oxygen atoms in total. The van der Waals surface area contributed by atoms with Crippen LogP contribution in [0.3, 0.4) is 0 Å². The van der Waals surface area contributed by atoms with Gasteiger partial charge in [-0.25, -0.2) is 4.99 Å². The molecule has 1 aliphatic heterocycles. The summed E-state index contributed by atoms with van der Waals surface area (Å²) in [6.07, 6.45) is 1.86. The minimum atomic E-state index is -0.338. The zero-order chi connectivity index (χ0) is 8.48. The lowest BCUT2D eigenvalue weighted by Crippen LogP contribution is -2.46.